The van der Waals surface area contributed by atoms with Crippen LogP contribution in [0.3, 0.4) is 0 Å². The normalized spacial score (nSPS) is 12.7. The van der Waals surface area contributed by atoms with Crippen LogP contribution in [0.5, 0.6) is 0 Å². The molecule has 196 valence electrons. The Labute approximate surface area is 223 Å². The van der Waals surface area contributed by atoms with E-state index in [1.54, 1.807) is 18.2 Å². The van der Waals surface area contributed by atoms with Crippen molar-refractivity contribution in [3.63, 3.8) is 0 Å². The quantitative estimate of drug-likeness (QED) is 0.143. The third kappa shape index (κ3) is 9.71. The number of carbonyl (C=O) groups is 2. The van der Waals surface area contributed by atoms with E-state index in [9.17, 15) is 19.8 Å². The van der Waals surface area contributed by atoms with Crippen molar-refractivity contribution in [3.05, 3.63) is 101 Å². The summed E-state index contributed by atoms with van der Waals surface area (Å²) in [5.74, 6) is -2.20. The minimum atomic E-state index is -1.58. The Morgan fingerprint density at radius 1 is 0.703 bits per heavy atom. The van der Waals surface area contributed by atoms with Crippen LogP contribution in [-0.2, 0) is 28.9 Å². The van der Waals surface area contributed by atoms with Gasteiger partial charge in [-0.1, -0.05) is 92.4 Å². The molecule has 0 spiro atoms. The van der Waals surface area contributed by atoms with Crippen molar-refractivity contribution >= 4 is 23.7 Å². The molecule has 3 N–H and O–H groups in total. The molecule has 0 saturated carbocycles. The third-order valence-electron chi connectivity index (χ3n) is 6.42. The Morgan fingerprint density at radius 2 is 1.32 bits per heavy atom. The van der Waals surface area contributed by atoms with Crippen LogP contribution in [-0.4, -0.2) is 33.4 Å². The summed E-state index contributed by atoms with van der Waals surface area (Å²) in [6, 6.07) is 25.4. The maximum absolute atomic E-state index is 11.8. The van der Waals surface area contributed by atoms with Gasteiger partial charge in [0, 0.05) is 4.90 Å². The molecule has 0 amide bonds. The number of aliphatic hydroxyl groups is 1. The number of aliphatic carboxylic acids is 2. The predicted octanol–water partition coefficient (Wildman–Crippen LogP) is 6.72. The van der Waals surface area contributed by atoms with Crippen LogP contribution in [0.1, 0.15) is 66.0 Å². The van der Waals surface area contributed by atoms with Crippen LogP contribution in [0.4, 0.5) is 0 Å². The lowest BCUT2D eigenvalue weighted by Crippen LogP contribution is -2.26. The number of aliphatic hydroxyl groups excluding tert-OH is 1. The van der Waals surface area contributed by atoms with Gasteiger partial charge < -0.3 is 15.3 Å². The van der Waals surface area contributed by atoms with Crippen LogP contribution in [0.2, 0.25) is 0 Å². The Morgan fingerprint density at radius 3 is 2.03 bits per heavy atom. The minimum Gasteiger partial charge on any atom is -0.481 e. The molecule has 0 aliphatic carbocycles. The molecule has 3 rings (SSSR count). The number of carboxylic acid groups (broad SMARTS) is 2. The summed E-state index contributed by atoms with van der Waals surface area (Å²) in [4.78, 5) is 23.6. The van der Waals surface area contributed by atoms with Crippen molar-refractivity contribution in [2.75, 3.05) is 0 Å². The molecule has 6 heteroatoms. The Kier molecular flexibility index (Phi) is 11.7. The van der Waals surface area contributed by atoms with Crippen molar-refractivity contribution in [3.8, 4) is 0 Å². The maximum atomic E-state index is 11.8. The van der Waals surface area contributed by atoms with Gasteiger partial charge in [-0.25, -0.2) is 4.79 Å². The molecular weight excluding hydrogens is 484 g/mol. The number of carboxylic acids is 2. The van der Waals surface area contributed by atoms with E-state index in [4.69, 9.17) is 5.11 Å². The summed E-state index contributed by atoms with van der Waals surface area (Å²) in [6.45, 7) is 0. The van der Waals surface area contributed by atoms with Crippen molar-refractivity contribution in [2.45, 2.75) is 74.0 Å². The van der Waals surface area contributed by atoms with Gasteiger partial charge in [0.2, 0.25) is 0 Å². The van der Waals surface area contributed by atoms with Crippen LogP contribution in [0, 0.1) is 0 Å². The van der Waals surface area contributed by atoms with Crippen molar-refractivity contribution in [1.29, 1.82) is 0 Å². The van der Waals surface area contributed by atoms with Gasteiger partial charge in [-0.05, 0) is 60.1 Å². The summed E-state index contributed by atoms with van der Waals surface area (Å²) >= 11 is 1.26. The van der Waals surface area contributed by atoms with Gasteiger partial charge in [0.05, 0.1) is 11.7 Å². The number of hydrogen-bond donors (Lipinski definition) is 3. The molecule has 37 heavy (non-hydrogen) atoms. The zero-order chi connectivity index (χ0) is 26.5. The molecule has 3 aromatic rings. The molecule has 2 atom stereocenters. The summed E-state index contributed by atoms with van der Waals surface area (Å²) in [5, 5.41) is 28.6. The van der Waals surface area contributed by atoms with Gasteiger partial charge in [-0.3, -0.25) is 4.79 Å². The number of unbranched alkanes of at least 4 members (excludes halogenated alkanes) is 5. The second-order valence-corrected chi connectivity index (χ2v) is 10.6. The molecule has 0 aliphatic heterocycles. The van der Waals surface area contributed by atoms with Crippen LogP contribution < -0.4 is 0 Å². The largest absolute Gasteiger partial charge is 0.481 e. The number of hydrogen-bond acceptors (Lipinski definition) is 4. The van der Waals surface area contributed by atoms with Crippen LogP contribution in [0.25, 0.3) is 0 Å². The molecule has 0 fully saturated rings. The van der Waals surface area contributed by atoms with Gasteiger partial charge in [0.15, 0.2) is 6.10 Å². The highest BCUT2D eigenvalue weighted by Gasteiger charge is 2.30. The zero-order valence-electron chi connectivity index (χ0n) is 21.1. The first-order valence-corrected chi connectivity index (χ1v) is 13.8. The van der Waals surface area contributed by atoms with E-state index in [0.29, 0.717) is 5.56 Å². The number of benzene rings is 3. The van der Waals surface area contributed by atoms with E-state index in [1.165, 1.54) is 43.0 Å². The Bertz CT molecular complexity index is 1130. The molecule has 0 saturated heterocycles. The minimum absolute atomic E-state index is 0.108. The van der Waals surface area contributed by atoms with E-state index >= 15 is 0 Å². The monoisotopic (exact) mass is 520 g/mol. The highest BCUT2D eigenvalue weighted by molar-refractivity contribution is 7.99. The number of aryl methyl sites for hydroxylation is 2. The maximum Gasteiger partial charge on any atom is 0.334 e. The molecule has 0 aliphatic rings. The fourth-order valence-electron chi connectivity index (χ4n) is 4.51. The molecular formula is C31H36O5S. The van der Waals surface area contributed by atoms with Crippen molar-refractivity contribution in [2.24, 2.45) is 0 Å². The molecule has 3 aromatic carbocycles. The lowest BCUT2D eigenvalue weighted by atomic mass is 9.96. The second kappa shape index (κ2) is 15.2. The van der Waals surface area contributed by atoms with Gasteiger partial charge in [-0.2, -0.15) is 0 Å². The van der Waals surface area contributed by atoms with E-state index in [0.717, 1.165) is 41.7 Å². The average Bonchev–Trinajstić information content (AvgIpc) is 2.89. The lowest BCUT2D eigenvalue weighted by Gasteiger charge is -2.23. The van der Waals surface area contributed by atoms with Crippen molar-refractivity contribution in [1.82, 2.24) is 0 Å². The second-order valence-electron chi connectivity index (χ2n) is 9.35. The number of rotatable bonds is 16. The Balaban J connectivity index is 1.57. The molecule has 0 bridgehead atoms. The summed E-state index contributed by atoms with van der Waals surface area (Å²) in [5.41, 5.74) is 3.89. The highest BCUT2D eigenvalue weighted by Crippen LogP contribution is 2.40. The number of thioether (sulfide) groups is 1. The fraction of sp³-hybridized carbons (Fsp3) is 0.355. The van der Waals surface area contributed by atoms with Crippen LogP contribution in [0.15, 0.2) is 83.8 Å². The first-order chi connectivity index (χ1) is 17.9. The zero-order valence-corrected chi connectivity index (χ0v) is 21.9. The molecule has 0 heterocycles. The summed E-state index contributed by atoms with van der Waals surface area (Å²) < 4.78 is 0. The van der Waals surface area contributed by atoms with E-state index < -0.39 is 23.3 Å². The molecule has 0 aromatic heterocycles. The molecule has 2 unspecified atom stereocenters. The van der Waals surface area contributed by atoms with Gasteiger partial charge in [-0.15, -0.1) is 11.8 Å². The lowest BCUT2D eigenvalue weighted by molar-refractivity contribution is -0.146. The highest BCUT2D eigenvalue weighted by atomic mass is 32.2. The summed E-state index contributed by atoms with van der Waals surface area (Å²) in [7, 11) is 0. The first kappa shape index (κ1) is 28.5. The van der Waals surface area contributed by atoms with Gasteiger partial charge >= 0.3 is 11.9 Å². The summed E-state index contributed by atoms with van der Waals surface area (Å²) in [6.07, 6.45) is 7.16. The SMILES string of the molecule is O=C(O)Cc1cccc(SC(c2ccccc2CCCCCCCCc2ccccc2)C(O)C(=O)O)c1. The predicted molar refractivity (Wildman–Crippen MR) is 148 cm³/mol. The van der Waals surface area contributed by atoms with E-state index in [2.05, 4.69) is 24.3 Å². The Hall–Kier alpha value is -3.09. The third-order valence-corrected chi connectivity index (χ3v) is 7.71. The first-order valence-electron chi connectivity index (χ1n) is 12.9. The van der Waals surface area contributed by atoms with E-state index in [-0.39, 0.29) is 6.42 Å². The smallest absolute Gasteiger partial charge is 0.334 e. The van der Waals surface area contributed by atoms with Gasteiger partial charge in [0.25, 0.3) is 0 Å². The topological polar surface area (TPSA) is 94.8 Å². The average molecular weight is 521 g/mol. The van der Waals surface area contributed by atoms with Crippen LogP contribution >= 0.6 is 11.8 Å². The van der Waals surface area contributed by atoms with Gasteiger partial charge in [0.1, 0.15) is 0 Å². The molecule has 5 nitrogen and oxygen atoms in total. The van der Waals surface area contributed by atoms with E-state index in [1.807, 2.05) is 36.4 Å². The fourth-order valence-corrected chi connectivity index (χ4v) is 5.79. The standard InChI is InChI=1S/C31H36O5S/c32-28(33)22-24-16-12-19-26(21-24)37-30(29(34)31(35)36)27-20-11-10-18-25(27)17-9-4-2-1-3-6-13-23-14-7-5-8-15-23/h5,7-8,10-12,14-16,18-21,29-30,34H,1-4,6,9,13,17,22H2,(H,32,33)(H,35,36). The van der Waals surface area contributed by atoms with Crippen molar-refractivity contribution < 1.29 is 24.9 Å². The molecule has 0 radical (unpaired) electrons.